The van der Waals surface area contributed by atoms with Gasteiger partial charge in [-0.05, 0) is 28.8 Å². The highest BCUT2D eigenvalue weighted by Crippen LogP contribution is 2.32. The Morgan fingerprint density at radius 1 is 0.731 bits per heavy atom. The average Bonchev–Trinajstić information content (AvgIpc) is 3.18. The van der Waals surface area contributed by atoms with Crippen LogP contribution in [0.1, 0.15) is 22.6 Å². The second kappa shape index (κ2) is 9.04. The van der Waals surface area contributed by atoms with Crippen molar-refractivity contribution in [1.29, 1.82) is 0 Å². The van der Waals surface area contributed by atoms with Gasteiger partial charge in [0.25, 0.3) is 0 Å². The monoisotopic (exact) mass is 348 g/mol. The van der Waals surface area contributed by atoms with E-state index in [0.29, 0.717) is 25.8 Å². The summed E-state index contributed by atoms with van der Waals surface area (Å²) in [6, 6.07) is 26.5. The van der Waals surface area contributed by atoms with Gasteiger partial charge in [-0.2, -0.15) is 0 Å². The lowest BCUT2D eigenvalue weighted by Crippen LogP contribution is -2.13. The van der Waals surface area contributed by atoms with Crippen molar-refractivity contribution in [2.24, 2.45) is 11.5 Å². The summed E-state index contributed by atoms with van der Waals surface area (Å²) in [7, 11) is 0. The van der Waals surface area contributed by atoms with Crippen molar-refractivity contribution in [2.45, 2.75) is 12.5 Å². The van der Waals surface area contributed by atoms with Crippen LogP contribution in [0.2, 0.25) is 0 Å². The van der Waals surface area contributed by atoms with Crippen LogP contribution in [0.4, 0.5) is 0 Å². The molecule has 0 fully saturated rings. The van der Waals surface area contributed by atoms with E-state index in [2.05, 4.69) is 48.5 Å². The Kier molecular flexibility index (Phi) is 6.25. The van der Waals surface area contributed by atoms with Crippen LogP contribution >= 0.6 is 0 Å². The molecule has 0 saturated carbocycles. The van der Waals surface area contributed by atoms with E-state index in [1.165, 1.54) is 11.1 Å². The van der Waals surface area contributed by atoms with Crippen LogP contribution in [-0.2, 0) is 6.54 Å². The van der Waals surface area contributed by atoms with E-state index in [9.17, 15) is 0 Å². The van der Waals surface area contributed by atoms with Crippen LogP contribution in [0.3, 0.4) is 0 Å². The fraction of sp³-hybridized carbons (Fsp3) is 0.182. The molecule has 0 atom stereocenters. The lowest BCUT2D eigenvalue weighted by molar-refractivity contribution is 0.174. The molecule has 0 aliphatic carbocycles. The minimum Gasteiger partial charge on any atom is -0.454 e. The zero-order chi connectivity index (χ0) is 18.2. The van der Waals surface area contributed by atoms with E-state index in [-0.39, 0.29) is 0 Å². The van der Waals surface area contributed by atoms with Gasteiger partial charge in [0, 0.05) is 19.0 Å². The van der Waals surface area contributed by atoms with Crippen molar-refractivity contribution < 1.29 is 9.47 Å². The molecule has 1 aliphatic rings. The summed E-state index contributed by atoms with van der Waals surface area (Å²) in [5, 5.41) is 0. The Hall–Kier alpha value is -2.82. The highest BCUT2D eigenvalue weighted by molar-refractivity contribution is 5.44. The predicted molar refractivity (Wildman–Crippen MR) is 104 cm³/mol. The summed E-state index contributed by atoms with van der Waals surface area (Å²) in [6.07, 6.45) is 0. The first-order chi connectivity index (χ1) is 12.8. The Morgan fingerprint density at radius 2 is 1.31 bits per heavy atom. The SMILES string of the molecule is NCC(c1ccccc1)c1ccccc1.NCc1ccc2c(c1)OCO2. The van der Waals surface area contributed by atoms with Crippen LogP contribution in [0.15, 0.2) is 78.9 Å². The molecule has 4 rings (SSSR count). The van der Waals surface area contributed by atoms with E-state index >= 15 is 0 Å². The summed E-state index contributed by atoms with van der Waals surface area (Å²) in [4.78, 5) is 0. The van der Waals surface area contributed by atoms with Crippen LogP contribution in [0, 0.1) is 0 Å². The maximum atomic E-state index is 5.84. The molecule has 134 valence electrons. The number of hydrogen-bond donors (Lipinski definition) is 2. The van der Waals surface area contributed by atoms with E-state index in [4.69, 9.17) is 20.9 Å². The van der Waals surface area contributed by atoms with Gasteiger partial charge < -0.3 is 20.9 Å². The molecule has 0 bridgehead atoms. The molecule has 0 spiro atoms. The molecule has 3 aromatic carbocycles. The molecule has 0 saturated heterocycles. The van der Waals surface area contributed by atoms with Gasteiger partial charge >= 0.3 is 0 Å². The molecular weight excluding hydrogens is 324 g/mol. The van der Waals surface area contributed by atoms with Crippen LogP contribution < -0.4 is 20.9 Å². The standard InChI is InChI=1S/C14H15N.C8H9NO2/c15-11-14(12-7-3-1-4-8-12)13-9-5-2-6-10-13;9-4-6-1-2-7-8(3-6)11-5-10-7/h1-10,14H,11,15H2;1-3H,4-5,9H2. The normalized spacial score (nSPS) is 11.8. The van der Waals surface area contributed by atoms with Gasteiger partial charge in [-0.15, -0.1) is 0 Å². The Labute approximate surface area is 154 Å². The number of benzene rings is 3. The Bertz CT molecular complexity index is 767. The Balaban J connectivity index is 0.000000158. The molecular formula is C22H24N2O2. The topological polar surface area (TPSA) is 70.5 Å². The molecule has 1 heterocycles. The Morgan fingerprint density at radius 3 is 1.85 bits per heavy atom. The maximum Gasteiger partial charge on any atom is 0.231 e. The maximum absolute atomic E-state index is 5.84. The van der Waals surface area contributed by atoms with Crippen molar-refractivity contribution in [3.8, 4) is 11.5 Å². The van der Waals surface area contributed by atoms with Gasteiger partial charge in [-0.3, -0.25) is 0 Å². The molecule has 0 aromatic heterocycles. The van der Waals surface area contributed by atoms with Crippen molar-refractivity contribution >= 4 is 0 Å². The van der Waals surface area contributed by atoms with Gasteiger partial charge in [-0.1, -0.05) is 66.7 Å². The lowest BCUT2D eigenvalue weighted by atomic mass is 9.92. The third-order valence-corrected chi connectivity index (χ3v) is 4.31. The first-order valence-electron chi connectivity index (χ1n) is 8.70. The molecule has 0 unspecified atom stereocenters. The van der Waals surface area contributed by atoms with Crippen molar-refractivity contribution in [3.63, 3.8) is 0 Å². The first-order valence-corrected chi connectivity index (χ1v) is 8.70. The van der Waals surface area contributed by atoms with Crippen LogP contribution in [-0.4, -0.2) is 13.3 Å². The highest BCUT2D eigenvalue weighted by Gasteiger charge is 2.12. The zero-order valence-corrected chi connectivity index (χ0v) is 14.7. The molecule has 4 N–H and O–H groups in total. The zero-order valence-electron chi connectivity index (χ0n) is 14.7. The number of hydrogen-bond acceptors (Lipinski definition) is 4. The second-order valence-corrected chi connectivity index (χ2v) is 6.00. The lowest BCUT2D eigenvalue weighted by Gasteiger charge is -2.15. The van der Waals surface area contributed by atoms with E-state index in [1.807, 2.05) is 30.3 Å². The average molecular weight is 348 g/mol. The molecule has 3 aromatic rings. The molecule has 0 radical (unpaired) electrons. The molecule has 0 amide bonds. The second-order valence-electron chi connectivity index (χ2n) is 6.00. The fourth-order valence-electron chi connectivity index (χ4n) is 2.90. The van der Waals surface area contributed by atoms with E-state index in [0.717, 1.165) is 17.1 Å². The van der Waals surface area contributed by atoms with Crippen LogP contribution in [0.5, 0.6) is 11.5 Å². The minimum atomic E-state index is 0.312. The molecule has 1 aliphatic heterocycles. The van der Waals surface area contributed by atoms with Crippen molar-refractivity contribution in [3.05, 3.63) is 95.6 Å². The van der Waals surface area contributed by atoms with Crippen molar-refractivity contribution in [1.82, 2.24) is 0 Å². The third-order valence-electron chi connectivity index (χ3n) is 4.31. The number of fused-ring (bicyclic) bond motifs is 1. The smallest absolute Gasteiger partial charge is 0.231 e. The summed E-state index contributed by atoms with van der Waals surface area (Å²) >= 11 is 0. The fourth-order valence-corrected chi connectivity index (χ4v) is 2.90. The van der Waals surface area contributed by atoms with Gasteiger partial charge in [0.2, 0.25) is 6.79 Å². The third kappa shape index (κ3) is 4.42. The summed E-state index contributed by atoms with van der Waals surface area (Å²) in [5.41, 5.74) is 14.9. The minimum absolute atomic E-state index is 0.312. The quantitative estimate of drug-likeness (QED) is 0.755. The van der Waals surface area contributed by atoms with Crippen LogP contribution in [0.25, 0.3) is 0 Å². The summed E-state index contributed by atoms with van der Waals surface area (Å²) < 4.78 is 10.3. The molecule has 4 nitrogen and oxygen atoms in total. The number of rotatable bonds is 4. The largest absolute Gasteiger partial charge is 0.454 e. The molecule has 4 heteroatoms. The van der Waals surface area contributed by atoms with Crippen molar-refractivity contribution in [2.75, 3.05) is 13.3 Å². The number of ether oxygens (including phenoxy) is 2. The van der Waals surface area contributed by atoms with E-state index < -0.39 is 0 Å². The van der Waals surface area contributed by atoms with Gasteiger partial charge in [-0.25, -0.2) is 0 Å². The summed E-state index contributed by atoms with van der Waals surface area (Å²) in [6.45, 7) is 1.51. The first kappa shape index (κ1) is 18.0. The van der Waals surface area contributed by atoms with Gasteiger partial charge in [0.15, 0.2) is 11.5 Å². The summed E-state index contributed by atoms with van der Waals surface area (Å²) in [5.74, 6) is 1.92. The predicted octanol–water partition coefficient (Wildman–Crippen LogP) is 3.65. The number of nitrogens with two attached hydrogens (primary N) is 2. The van der Waals surface area contributed by atoms with Gasteiger partial charge in [0.05, 0.1) is 0 Å². The molecule has 26 heavy (non-hydrogen) atoms. The van der Waals surface area contributed by atoms with E-state index in [1.54, 1.807) is 0 Å². The van der Waals surface area contributed by atoms with Gasteiger partial charge in [0.1, 0.15) is 0 Å². The highest BCUT2D eigenvalue weighted by atomic mass is 16.7.